The van der Waals surface area contributed by atoms with E-state index >= 15 is 0 Å². The van der Waals surface area contributed by atoms with Crippen LogP contribution in [-0.2, 0) is 20.9 Å². The van der Waals surface area contributed by atoms with Crippen molar-refractivity contribution in [2.24, 2.45) is 0 Å². The first-order valence-corrected chi connectivity index (χ1v) is 9.74. The van der Waals surface area contributed by atoms with Gasteiger partial charge < -0.3 is 14.2 Å². The molecule has 1 saturated carbocycles. The molecular formula is C22H25ClN2O3. The molecule has 0 N–H and O–H groups in total. The molecule has 28 heavy (non-hydrogen) atoms. The fourth-order valence-corrected chi connectivity index (χ4v) is 3.39. The summed E-state index contributed by atoms with van der Waals surface area (Å²) in [6, 6.07) is 9.95. The fourth-order valence-electron chi connectivity index (χ4n) is 3.27. The van der Waals surface area contributed by atoms with Gasteiger partial charge in [0.1, 0.15) is 0 Å². The molecule has 2 aromatic rings. The van der Waals surface area contributed by atoms with Gasteiger partial charge in [0.2, 0.25) is 0 Å². The molecule has 5 nitrogen and oxygen atoms in total. The van der Waals surface area contributed by atoms with Crippen molar-refractivity contribution in [2.45, 2.75) is 39.3 Å². The van der Waals surface area contributed by atoms with Crippen molar-refractivity contribution in [3.05, 3.63) is 63.9 Å². The van der Waals surface area contributed by atoms with Crippen molar-refractivity contribution < 1.29 is 14.3 Å². The highest BCUT2D eigenvalue weighted by molar-refractivity contribution is 6.30. The van der Waals surface area contributed by atoms with Crippen LogP contribution < -0.4 is 0 Å². The summed E-state index contributed by atoms with van der Waals surface area (Å²) in [6.07, 6.45) is 5.57. The summed E-state index contributed by atoms with van der Waals surface area (Å²) in [5.74, 6) is -0.784. The minimum absolute atomic E-state index is 0.261. The van der Waals surface area contributed by atoms with Crippen LogP contribution in [0, 0.1) is 13.8 Å². The number of hydrogen-bond acceptors (Lipinski definition) is 3. The Morgan fingerprint density at radius 3 is 2.57 bits per heavy atom. The topological polar surface area (TPSA) is 51.5 Å². The highest BCUT2D eigenvalue weighted by Crippen LogP contribution is 2.38. The zero-order valence-corrected chi connectivity index (χ0v) is 17.2. The van der Waals surface area contributed by atoms with Gasteiger partial charge in [-0.25, -0.2) is 4.79 Å². The third-order valence-corrected chi connectivity index (χ3v) is 5.18. The Balaban J connectivity index is 1.49. The molecule has 0 bridgehead atoms. The smallest absolute Gasteiger partial charge is 0.331 e. The number of ether oxygens (including phenoxy) is 1. The first kappa shape index (κ1) is 20.2. The zero-order chi connectivity index (χ0) is 20.3. The van der Waals surface area contributed by atoms with E-state index in [1.807, 2.05) is 12.1 Å². The molecule has 1 aliphatic carbocycles. The van der Waals surface area contributed by atoms with Gasteiger partial charge >= 0.3 is 5.97 Å². The maximum Gasteiger partial charge on any atom is 0.331 e. The van der Waals surface area contributed by atoms with Gasteiger partial charge in [-0.05, 0) is 62.1 Å². The van der Waals surface area contributed by atoms with E-state index in [9.17, 15) is 9.59 Å². The highest BCUT2D eigenvalue weighted by atomic mass is 35.5. The monoisotopic (exact) mass is 400 g/mol. The van der Waals surface area contributed by atoms with Gasteiger partial charge in [0, 0.05) is 42.1 Å². The number of aromatic nitrogens is 1. The predicted octanol–water partition coefficient (Wildman–Crippen LogP) is 4.31. The molecule has 0 saturated heterocycles. The number of halogens is 1. The molecule has 1 aliphatic rings. The van der Waals surface area contributed by atoms with Crippen LogP contribution in [0.3, 0.4) is 0 Å². The van der Waals surface area contributed by atoms with E-state index in [-0.39, 0.29) is 12.5 Å². The van der Waals surface area contributed by atoms with E-state index in [0.717, 1.165) is 16.8 Å². The number of carbonyl (C=O) groups is 2. The van der Waals surface area contributed by atoms with Gasteiger partial charge in [-0.1, -0.05) is 23.7 Å². The lowest BCUT2D eigenvalue weighted by molar-refractivity contribution is -0.147. The van der Waals surface area contributed by atoms with Crippen molar-refractivity contribution in [1.29, 1.82) is 0 Å². The van der Waals surface area contributed by atoms with E-state index in [1.54, 1.807) is 25.3 Å². The molecular weight excluding hydrogens is 376 g/mol. The standard InChI is InChI=1S/C22H25ClN2O3/c1-15-12-18(16(2)25(15)20-9-10-20)6-11-22(27)28-14-21(26)24(3)13-17-4-7-19(23)8-5-17/h4-8,11-12,20H,9-10,13-14H2,1-3H3/b11-6+. The predicted molar refractivity (Wildman–Crippen MR) is 110 cm³/mol. The van der Waals surface area contributed by atoms with Gasteiger partial charge in [-0.15, -0.1) is 0 Å². The average molecular weight is 401 g/mol. The van der Waals surface area contributed by atoms with Crippen LogP contribution in [0.15, 0.2) is 36.4 Å². The van der Waals surface area contributed by atoms with Crippen molar-refractivity contribution in [3.63, 3.8) is 0 Å². The molecule has 148 valence electrons. The van der Waals surface area contributed by atoms with Crippen LogP contribution in [0.5, 0.6) is 0 Å². The zero-order valence-electron chi connectivity index (χ0n) is 16.4. The first-order valence-electron chi connectivity index (χ1n) is 9.37. The van der Waals surface area contributed by atoms with E-state index in [2.05, 4.69) is 24.5 Å². The second-order valence-corrected chi connectivity index (χ2v) is 7.68. The molecule has 0 unspecified atom stereocenters. The number of hydrogen-bond donors (Lipinski definition) is 0. The number of nitrogens with zero attached hydrogens (tertiary/aromatic N) is 2. The lowest BCUT2D eigenvalue weighted by Gasteiger charge is -2.17. The Labute approximate surface area is 170 Å². The molecule has 0 spiro atoms. The van der Waals surface area contributed by atoms with Gasteiger partial charge in [0.05, 0.1) is 0 Å². The minimum atomic E-state index is -0.524. The van der Waals surface area contributed by atoms with E-state index < -0.39 is 5.97 Å². The lowest BCUT2D eigenvalue weighted by Crippen LogP contribution is -2.30. The van der Waals surface area contributed by atoms with Crippen LogP contribution in [0.1, 0.15) is 41.4 Å². The number of aryl methyl sites for hydroxylation is 1. The van der Waals surface area contributed by atoms with E-state index in [1.165, 1.54) is 29.5 Å². The van der Waals surface area contributed by atoms with Crippen LogP contribution >= 0.6 is 11.6 Å². The molecule has 6 heteroatoms. The van der Waals surface area contributed by atoms with E-state index in [0.29, 0.717) is 17.6 Å². The molecule has 1 aromatic carbocycles. The average Bonchev–Trinajstić information content (AvgIpc) is 3.45. The molecule has 1 fully saturated rings. The molecule has 0 radical (unpaired) electrons. The number of amides is 1. The van der Waals surface area contributed by atoms with Crippen molar-refractivity contribution in [1.82, 2.24) is 9.47 Å². The number of esters is 1. The molecule has 1 amide bonds. The summed E-state index contributed by atoms with van der Waals surface area (Å²) < 4.78 is 7.42. The van der Waals surface area contributed by atoms with Gasteiger partial charge in [-0.3, -0.25) is 4.79 Å². The quantitative estimate of drug-likeness (QED) is 0.514. The lowest BCUT2D eigenvalue weighted by atomic mass is 10.2. The summed E-state index contributed by atoms with van der Waals surface area (Å²) in [4.78, 5) is 25.7. The SMILES string of the molecule is Cc1cc(/C=C/C(=O)OCC(=O)N(C)Cc2ccc(Cl)cc2)c(C)n1C1CC1. The molecule has 1 aromatic heterocycles. The van der Waals surface area contributed by atoms with E-state index in [4.69, 9.17) is 16.3 Å². The number of likely N-dealkylation sites (N-methyl/N-ethyl adjacent to an activating group) is 1. The van der Waals surface area contributed by atoms with Gasteiger partial charge in [-0.2, -0.15) is 0 Å². The second-order valence-electron chi connectivity index (χ2n) is 7.24. The summed E-state index contributed by atoms with van der Waals surface area (Å²) in [7, 11) is 1.67. The van der Waals surface area contributed by atoms with Crippen LogP contribution in [0.4, 0.5) is 0 Å². The third-order valence-electron chi connectivity index (χ3n) is 4.93. The molecule has 0 atom stereocenters. The summed E-state index contributed by atoms with van der Waals surface area (Å²) in [6.45, 7) is 4.28. The van der Waals surface area contributed by atoms with Crippen molar-refractivity contribution in [3.8, 4) is 0 Å². The summed E-state index contributed by atoms with van der Waals surface area (Å²) >= 11 is 5.86. The van der Waals surface area contributed by atoms with Crippen LogP contribution in [0.25, 0.3) is 6.08 Å². The minimum Gasteiger partial charge on any atom is -0.452 e. The largest absolute Gasteiger partial charge is 0.452 e. The first-order chi connectivity index (χ1) is 13.3. The number of rotatable bonds is 7. The van der Waals surface area contributed by atoms with Crippen LogP contribution in [-0.4, -0.2) is 35.0 Å². The number of benzene rings is 1. The second kappa shape index (κ2) is 8.65. The Morgan fingerprint density at radius 2 is 1.93 bits per heavy atom. The Hall–Kier alpha value is -2.53. The number of carbonyl (C=O) groups excluding carboxylic acids is 2. The Bertz CT molecular complexity index is 895. The highest BCUT2D eigenvalue weighted by Gasteiger charge is 2.26. The van der Waals surface area contributed by atoms with Gasteiger partial charge in [0.25, 0.3) is 5.91 Å². The van der Waals surface area contributed by atoms with Crippen LogP contribution in [0.2, 0.25) is 5.02 Å². The Morgan fingerprint density at radius 1 is 1.25 bits per heavy atom. The van der Waals surface area contributed by atoms with Crippen molar-refractivity contribution >= 4 is 29.6 Å². The maximum absolute atomic E-state index is 12.2. The third kappa shape index (κ3) is 5.04. The molecule has 1 heterocycles. The van der Waals surface area contributed by atoms with Gasteiger partial charge in [0.15, 0.2) is 6.61 Å². The molecule has 3 rings (SSSR count). The summed E-state index contributed by atoms with van der Waals surface area (Å²) in [5, 5.41) is 0.649. The summed E-state index contributed by atoms with van der Waals surface area (Å²) in [5.41, 5.74) is 4.32. The van der Waals surface area contributed by atoms with Crippen molar-refractivity contribution in [2.75, 3.05) is 13.7 Å². The molecule has 0 aliphatic heterocycles. The maximum atomic E-state index is 12.2. The normalized spacial score (nSPS) is 13.7. The Kier molecular flexibility index (Phi) is 6.25. The fraction of sp³-hybridized carbons (Fsp3) is 0.364.